The van der Waals surface area contributed by atoms with E-state index in [0.29, 0.717) is 5.56 Å². The molecule has 0 aliphatic carbocycles. The van der Waals surface area contributed by atoms with Crippen LogP contribution in [0, 0.1) is 0 Å². The first-order valence-corrected chi connectivity index (χ1v) is 10.1. The van der Waals surface area contributed by atoms with Gasteiger partial charge in [0.1, 0.15) is 0 Å². The molecule has 1 aliphatic rings. The maximum atomic E-state index is 13.0. The minimum Gasteiger partial charge on any atom is -0.337 e. The lowest BCUT2D eigenvalue weighted by molar-refractivity contribution is 0.0761. The van der Waals surface area contributed by atoms with Gasteiger partial charge in [-0.1, -0.05) is 30.3 Å². The summed E-state index contributed by atoms with van der Waals surface area (Å²) in [4.78, 5) is 26.0. The van der Waals surface area contributed by atoms with Crippen LogP contribution < -0.4 is 0 Å². The fraction of sp³-hybridized carbons (Fsp3) is 0.348. The summed E-state index contributed by atoms with van der Waals surface area (Å²) in [6.45, 7) is 4.67. The zero-order valence-electron chi connectivity index (χ0n) is 16.1. The van der Waals surface area contributed by atoms with Crippen LogP contribution in [0.4, 0.5) is 0 Å². The third kappa shape index (κ3) is 4.54. The molecular formula is C23H26N4O. The van der Waals surface area contributed by atoms with Gasteiger partial charge < -0.3 is 9.80 Å². The number of rotatable bonds is 5. The first kappa shape index (κ1) is 18.6. The Balaban J connectivity index is 1.32. The summed E-state index contributed by atoms with van der Waals surface area (Å²) in [7, 11) is 0. The van der Waals surface area contributed by atoms with Crippen LogP contribution in [0.1, 0.15) is 28.8 Å². The average Bonchev–Trinajstić information content (AvgIpc) is 2.99. The first-order chi connectivity index (χ1) is 13.8. The van der Waals surface area contributed by atoms with E-state index >= 15 is 0 Å². The number of amides is 1. The number of carbonyl (C=O) groups is 1. The van der Waals surface area contributed by atoms with E-state index in [1.165, 1.54) is 5.56 Å². The number of aryl methyl sites for hydroxylation is 1. The molecular weight excluding hydrogens is 348 g/mol. The Morgan fingerprint density at radius 1 is 0.893 bits per heavy atom. The molecule has 1 amide bonds. The van der Waals surface area contributed by atoms with Gasteiger partial charge in [0.05, 0.1) is 11.0 Å². The van der Waals surface area contributed by atoms with Gasteiger partial charge >= 0.3 is 0 Å². The van der Waals surface area contributed by atoms with Crippen LogP contribution in [0.15, 0.2) is 60.9 Å². The van der Waals surface area contributed by atoms with E-state index in [1.54, 1.807) is 12.4 Å². The molecule has 1 aliphatic heterocycles. The normalized spacial score (nSPS) is 15.5. The lowest BCUT2D eigenvalue weighted by Crippen LogP contribution is -2.35. The maximum Gasteiger partial charge on any atom is 0.253 e. The van der Waals surface area contributed by atoms with Crippen LogP contribution >= 0.6 is 0 Å². The molecule has 5 nitrogen and oxygen atoms in total. The van der Waals surface area contributed by atoms with Crippen LogP contribution in [-0.2, 0) is 6.42 Å². The zero-order valence-corrected chi connectivity index (χ0v) is 16.1. The van der Waals surface area contributed by atoms with Crippen LogP contribution in [0.3, 0.4) is 0 Å². The summed E-state index contributed by atoms with van der Waals surface area (Å²) >= 11 is 0. The van der Waals surface area contributed by atoms with Gasteiger partial charge in [-0.3, -0.25) is 14.8 Å². The standard InChI is InChI=1S/C23H26N4O/c28-23(20-9-10-21-22(18-20)25-12-11-24-21)27-15-5-14-26(16-17-27)13-4-8-19-6-2-1-3-7-19/h1-3,6-7,9-12,18H,4-5,8,13-17H2. The molecule has 1 saturated heterocycles. The molecule has 0 radical (unpaired) electrons. The third-order valence-electron chi connectivity index (χ3n) is 5.37. The third-order valence-corrected chi connectivity index (χ3v) is 5.37. The smallest absolute Gasteiger partial charge is 0.253 e. The van der Waals surface area contributed by atoms with Gasteiger partial charge in [0, 0.05) is 37.6 Å². The summed E-state index contributed by atoms with van der Waals surface area (Å²) in [5, 5.41) is 0. The van der Waals surface area contributed by atoms with E-state index in [4.69, 9.17) is 0 Å². The summed E-state index contributed by atoms with van der Waals surface area (Å²) in [5.41, 5.74) is 3.68. The van der Waals surface area contributed by atoms with Crippen molar-refractivity contribution < 1.29 is 4.79 Å². The number of nitrogens with zero attached hydrogens (tertiary/aromatic N) is 4. The van der Waals surface area contributed by atoms with E-state index in [-0.39, 0.29) is 5.91 Å². The molecule has 0 saturated carbocycles. The second-order valence-electron chi connectivity index (χ2n) is 7.34. The Labute approximate surface area is 166 Å². The van der Waals surface area contributed by atoms with Crippen molar-refractivity contribution in [2.45, 2.75) is 19.3 Å². The van der Waals surface area contributed by atoms with Crippen molar-refractivity contribution in [3.05, 3.63) is 72.1 Å². The van der Waals surface area contributed by atoms with Crippen LogP contribution in [0.25, 0.3) is 11.0 Å². The number of aromatic nitrogens is 2. The second kappa shape index (κ2) is 8.93. The van der Waals surface area contributed by atoms with Crippen molar-refractivity contribution in [2.24, 2.45) is 0 Å². The van der Waals surface area contributed by atoms with Crippen molar-refractivity contribution in [1.82, 2.24) is 19.8 Å². The Morgan fingerprint density at radius 3 is 2.57 bits per heavy atom. The van der Waals surface area contributed by atoms with Gasteiger partial charge in [0.2, 0.25) is 0 Å². The average molecular weight is 374 g/mol. The van der Waals surface area contributed by atoms with E-state index in [2.05, 4.69) is 45.2 Å². The highest BCUT2D eigenvalue weighted by Crippen LogP contribution is 2.15. The topological polar surface area (TPSA) is 49.3 Å². The summed E-state index contributed by atoms with van der Waals surface area (Å²) in [6, 6.07) is 16.2. The molecule has 4 rings (SSSR count). The second-order valence-corrected chi connectivity index (χ2v) is 7.34. The van der Waals surface area contributed by atoms with E-state index in [9.17, 15) is 4.79 Å². The number of hydrogen-bond acceptors (Lipinski definition) is 4. The Morgan fingerprint density at radius 2 is 1.71 bits per heavy atom. The molecule has 0 atom stereocenters. The Hall–Kier alpha value is -2.79. The van der Waals surface area contributed by atoms with Gasteiger partial charge in [0.25, 0.3) is 5.91 Å². The Bertz CT molecular complexity index is 928. The molecule has 2 aromatic carbocycles. The fourth-order valence-electron chi connectivity index (χ4n) is 3.83. The first-order valence-electron chi connectivity index (χ1n) is 10.1. The Kier molecular flexibility index (Phi) is 5.92. The quantitative estimate of drug-likeness (QED) is 0.687. The molecule has 2 heterocycles. The van der Waals surface area contributed by atoms with Crippen LogP contribution in [-0.4, -0.2) is 58.4 Å². The minimum absolute atomic E-state index is 0.0960. The predicted molar refractivity (Wildman–Crippen MR) is 111 cm³/mol. The van der Waals surface area contributed by atoms with Gasteiger partial charge in [-0.2, -0.15) is 0 Å². The predicted octanol–water partition coefficient (Wildman–Crippen LogP) is 3.41. The number of fused-ring (bicyclic) bond motifs is 1. The lowest BCUT2D eigenvalue weighted by Gasteiger charge is -2.22. The number of hydrogen-bond donors (Lipinski definition) is 0. The molecule has 5 heteroatoms. The molecule has 0 spiro atoms. The summed E-state index contributed by atoms with van der Waals surface area (Å²) in [6.07, 6.45) is 6.62. The van der Waals surface area contributed by atoms with E-state index < -0.39 is 0 Å². The summed E-state index contributed by atoms with van der Waals surface area (Å²) < 4.78 is 0. The molecule has 0 bridgehead atoms. The molecule has 1 aromatic heterocycles. The lowest BCUT2D eigenvalue weighted by atomic mass is 10.1. The van der Waals surface area contributed by atoms with Gasteiger partial charge in [-0.15, -0.1) is 0 Å². The zero-order chi connectivity index (χ0) is 19.2. The molecule has 0 N–H and O–H groups in total. The van der Waals surface area contributed by atoms with Crippen molar-refractivity contribution >= 4 is 16.9 Å². The molecule has 28 heavy (non-hydrogen) atoms. The van der Waals surface area contributed by atoms with E-state index in [0.717, 1.165) is 63.0 Å². The number of carbonyl (C=O) groups excluding carboxylic acids is 1. The maximum absolute atomic E-state index is 13.0. The minimum atomic E-state index is 0.0960. The van der Waals surface area contributed by atoms with Gasteiger partial charge in [-0.25, -0.2) is 0 Å². The van der Waals surface area contributed by atoms with Gasteiger partial charge in [-0.05, 0) is 56.1 Å². The van der Waals surface area contributed by atoms with E-state index in [1.807, 2.05) is 23.1 Å². The van der Waals surface area contributed by atoms with Gasteiger partial charge in [0.15, 0.2) is 0 Å². The van der Waals surface area contributed by atoms with Crippen LogP contribution in [0.5, 0.6) is 0 Å². The van der Waals surface area contributed by atoms with Crippen molar-refractivity contribution in [1.29, 1.82) is 0 Å². The summed E-state index contributed by atoms with van der Waals surface area (Å²) in [5.74, 6) is 0.0960. The largest absolute Gasteiger partial charge is 0.337 e. The van der Waals surface area contributed by atoms with Crippen LogP contribution in [0.2, 0.25) is 0 Å². The molecule has 0 unspecified atom stereocenters. The highest BCUT2D eigenvalue weighted by Gasteiger charge is 2.20. The highest BCUT2D eigenvalue weighted by atomic mass is 16.2. The molecule has 144 valence electrons. The van der Waals surface area contributed by atoms with Crippen molar-refractivity contribution in [2.75, 3.05) is 32.7 Å². The van der Waals surface area contributed by atoms with Crippen molar-refractivity contribution in [3.8, 4) is 0 Å². The molecule has 3 aromatic rings. The fourth-order valence-corrected chi connectivity index (χ4v) is 3.83. The highest BCUT2D eigenvalue weighted by molar-refractivity contribution is 5.97. The SMILES string of the molecule is O=C(c1ccc2nccnc2c1)N1CCCN(CCCc2ccccc2)CC1. The van der Waals surface area contributed by atoms with Crippen molar-refractivity contribution in [3.63, 3.8) is 0 Å². The molecule has 1 fully saturated rings. The number of benzene rings is 2. The monoisotopic (exact) mass is 374 g/mol.